The third kappa shape index (κ3) is 3.97. The second-order valence-corrected chi connectivity index (χ2v) is 8.12. The summed E-state index contributed by atoms with van der Waals surface area (Å²) in [6, 6.07) is 4.89. The van der Waals surface area contributed by atoms with E-state index in [-0.39, 0.29) is 28.5 Å². The molecule has 0 atom stereocenters. The summed E-state index contributed by atoms with van der Waals surface area (Å²) < 4.78 is 23.0. The highest BCUT2D eigenvalue weighted by atomic mass is 32.2. The normalized spacial score (nSPS) is 22.8. The monoisotopic (exact) mass is 311 g/mol. The molecule has 21 heavy (non-hydrogen) atoms. The van der Waals surface area contributed by atoms with Crippen LogP contribution < -0.4 is 5.32 Å². The molecule has 5 nitrogen and oxygen atoms in total. The molecule has 0 bridgehead atoms. The Morgan fingerprint density at radius 1 is 1.24 bits per heavy atom. The van der Waals surface area contributed by atoms with Gasteiger partial charge in [0.2, 0.25) is 0 Å². The van der Waals surface area contributed by atoms with Gasteiger partial charge in [-0.05, 0) is 50.3 Å². The minimum Gasteiger partial charge on any atom is -0.507 e. The van der Waals surface area contributed by atoms with Crippen molar-refractivity contribution in [3.8, 4) is 5.75 Å². The number of amides is 1. The van der Waals surface area contributed by atoms with Gasteiger partial charge in [0, 0.05) is 12.3 Å². The standard InChI is InChI=1S/C15H21NO4S/c1-10-3-8-13(14(17)9-10)15(18)16-11-4-6-12(7-5-11)21(2,19)20/h3,8-9,11-12,17H,4-7H2,1-2H3,(H,16,18). The van der Waals surface area contributed by atoms with Crippen molar-refractivity contribution in [1.29, 1.82) is 0 Å². The fourth-order valence-electron chi connectivity index (χ4n) is 2.73. The molecule has 0 aliphatic heterocycles. The van der Waals surface area contributed by atoms with E-state index in [1.54, 1.807) is 18.2 Å². The van der Waals surface area contributed by atoms with E-state index in [0.717, 1.165) is 5.56 Å². The Morgan fingerprint density at radius 2 is 1.86 bits per heavy atom. The van der Waals surface area contributed by atoms with Crippen LogP contribution in [-0.2, 0) is 9.84 Å². The van der Waals surface area contributed by atoms with Gasteiger partial charge in [0.1, 0.15) is 15.6 Å². The molecule has 1 aliphatic rings. The summed E-state index contributed by atoms with van der Waals surface area (Å²) in [5.41, 5.74) is 1.14. The number of phenolic OH excluding ortho intramolecular Hbond substituents is 1. The lowest BCUT2D eigenvalue weighted by atomic mass is 9.94. The number of benzene rings is 1. The molecule has 0 radical (unpaired) electrons. The lowest BCUT2D eigenvalue weighted by Crippen LogP contribution is -2.40. The van der Waals surface area contributed by atoms with Crippen LogP contribution >= 0.6 is 0 Å². The molecule has 1 aliphatic carbocycles. The Morgan fingerprint density at radius 3 is 2.38 bits per heavy atom. The quantitative estimate of drug-likeness (QED) is 0.891. The van der Waals surface area contributed by atoms with Gasteiger partial charge in [0.05, 0.1) is 10.8 Å². The summed E-state index contributed by atoms with van der Waals surface area (Å²) in [6.45, 7) is 1.84. The average Bonchev–Trinajstić information content (AvgIpc) is 2.38. The third-order valence-electron chi connectivity index (χ3n) is 4.01. The molecule has 0 heterocycles. The van der Waals surface area contributed by atoms with Crippen molar-refractivity contribution in [2.24, 2.45) is 0 Å². The van der Waals surface area contributed by atoms with Crippen molar-refractivity contribution in [3.63, 3.8) is 0 Å². The Hall–Kier alpha value is -1.56. The van der Waals surface area contributed by atoms with Crippen molar-refractivity contribution in [3.05, 3.63) is 29.3 Å². The van der Waals surface area contributed by atoms with E-state index in [9.17, 15) is 18.3 Å². The van der Waals surface area contributed by atoms with Gasteiger partial charge in [-0.2, -0.15) is 0 Å². The van der Waals surface area contributed by atoms with Crippen molar-refractivity contribution < 1.29 is 18.3 Å². The molecular weight excluding hydrogens is 290 g/mol. The molecule has 116 valence electrons. The van der Waals surface area contributed by atoms with E-state index in [2.05, 4.69) is 5.32 Å². The third-order valence-corrected chi connectivity index (χ3v) is 5.70. The number of sulfone groups is 1. The van der Waals surface area contributed by atoms with Crippen LogP contribution in [0.1, 0.15) is 41.6 Å². The molecule has 0 saturated heterocycles. The van der Waals surface area contributed by atoms with Gasteiger partial charge in [-0.3, -0.25) is 4.79 Å². The number of aromatic hydroxyl groups is 1. The van der Waals surface area contributed by atoms with E-state index >= 15 is 0 Å². The summed E-state index contributed by atoms with van der Waals surface area (Å²) in [5, 5.41) is 12.4. The van der Waals surface area contributed by atoms with Crippen molar-refractivity contribution in [2.75, 3.05) is 6.26 Å². The summed E-state index contributed by atoms with van der Waals surface area (Å²) in [6.07, 6.45) is 3.71. The van der Waals surface area contributed by atoms with Gasteiger partial charge in [-0.15, -0.1) is 0 Å². The van der Waals surface area contributed by atoms with Gasteiger partial charge in [0.15, 0.2) is 0 Å². The number of phenols is 1. The van der Waals surface area contributed by atoms with Gasteiger partial charge in [-0.25, -0.2) is 8.42 Å². The number of aryl methyl sites for hydroxylation is 1. The maximum absolute atomic E-state index is 12.1. The minimum absolute atomic E-state index is 0.0303. The van der Waals surface area contributed by atoms with E-state index in [1.165, 1.54) is 6.26 Å². The highest BCUT2D eigenvalue weighted by Gasteiger charge is 2.28. The maximum atomic E-state index is 12.1. The molecule has 2 N–H and O–H groups in total. The molecule has 1 aromatic carbocycles. The van der Waals surface area contributed by atoms with Crippen molar-refractivity contribution in [1.82, 2.24) is 5.32 Å². The van der Waals surface area contributed by atoms with Crippen LogP contribution in [0.3, 0.4) is 0 Å². The first-order valence-corrected chi connectivity index (χ1v) is 9.02. The van der Waals surface area contributed by atoms with Crippen LogP contribution in [-0.4, -0.2) is 37.0 Å². The lowest BCUT2D eigenvalue weighted by molar-refractivity contribution is 0.0925. The number of nitrogens with one attached hydrogen (secondary N) is 1. The second kappa shape index (κ2) is 6.05. The number of carbonyl (C=O) groups is 1. The minimum atomic E-state index is -2.99. The van der Waals surface area contributed by atoms with E-state index < -0.39 is 9.84 Å². The average molecular weight is 311 g/mol. The number of rotatable bonds is 3. The fourth-order valence-corrected chi connectivity index (χ4v) is 3.86. The molecule has 0 unspecified atom stereocenters. The first-order chi connectivity index (χ1) is 9.77. The van der Waals surface area contributed by atoms with Crippen LogP contribution in [0.4, 0.5) is 0 Å². The van der Waals surface area contributed by atoms with Crippen LogP contribution in [0.15, 0.2) is 18.2 Å². The van der Waals surface area contributed by atoms with Crippen LogP contribution in [0, 0.1) is 6.92 Å². The molecule has 1 amide bonds. The molecule has 0 aromatic heterocycles. The van der Waals surface area contributed by atoms with Crippen LogP contribution in [0.5, 0.6) is 5.75 Å². The highest BCUT2D eigenvalue weighted by Crippen LogP contribution is 2.25. The zero-order valence-electron chi connectivity index (χ0n) is 12.3. The fraction of sp³-hybridized carbons (Fsp3) is 0.533. The molecule has 1 fully saturated rings. The molecule has 0 spiro atoms. The van der Waals surface area contributed by atoms with Gasteiger partial charge < -0.3 is 10.4 Å². The largest absolute Gasteiger partial charge is 0.507 e. The topological polar surface area (TPSA) is 83.5 Å². The zero-order chi connectivity index (χ0) is 15.6. The predicted octanol–water partition coefficient (Wildman–Crippen LogP) is 1.79. The number of carbonyl (C=O) groups excluding carboxylic acids is 1. The van der Waals surface area contributed by atoms with Gasteiger partial charge >= 0.3 is 0 Å². The summed E-state index contributed by atoms with van der Waals surface area (Å²) in [4.78, 5) is 12.1. The Balaban J connectivity index is 1.96. The van der Waals surface area contributed by atoms with E-state index in [0.29, 0.717) is 25.7 Å². The van der Waals surface area contributed by atoms with Gasteiger partial charge in [0.25, 0.3) is 5.91 Å². The Bertz CT molecular complexity index is 631. The second-order valence-electron chi connectivity index (χ2n) is 5.80. The first-order valence-electron chi connectivity index (χ1n) is 7.06. The molecule has 1 aromatic rings. The summed E-state index contributed by atoms with van der Waals surface area (Å²) in [5.74, 6) is -0.340. The Kier molecular flexibility index (Phi) is 4.56. The lowest BCUT2D eigenvalue weighted by Gasteiger charge is -2.28. The number of hydrogen-bond donors (Lipinski definition) is 2. The van der Waals surface area contributed by atoms with E-state index in [1.807, 2.05) is 6.92 Å². The van der Waals surface area contributed by atoms with Crippen LogP contribution in [0.25, 0.3) is 0 Å². The maximum Gasteiger partial charge on any atom is 0.255 e. The summed E-state index contributed by atoms with van der Waals surface area (Å²) >= 11 is 0. The smallest absolute Gasteiger partial charge is 0.255 e. The molecule has 1 saturated carbocycles. The van der Waals surface area contributed by atoms with E-state index in [4.69, 9.17) is 0 Å². The first kappa shape index (κ1) is 15.8. The molecule has 6 heteroatoms. The molecular formula is C15H21NO4S. The van der Waals surface area contributed by atoms with Crippen LogP contribution in [0.2, 0.25) is 0 Å². The highest BCUT2D eigenvalue weighted by molar-refractivity contribution is 7.91. The van der Waals surface area contributed by atoms with Crippen molar-refractivity contribution >= 4 is 15.7 Å². The SMILES string of the molecule is Cc1ccc(C(=O)NC2CCC(S(C)(=O)=O)CC2)c(O)c1. The number of hydrogen-bond acceptors (Lipinski definition) is 4. The van der Waals surface area contributed by atoms with Crippen molar-refractivity contribution in [2.45, 2.75) is 43.9 Å². The molecule has 2 rings (SSSR count). The predicted molar refractivity (Wildman–Crippen MR) is 81.2 cm³/mol. The zero-order valence-corrected chi connectivity index (χ0v) is 13.1. The Labute approximate surface area is 125 Å². The summed E-state index contributed by atoms with van der Waals surface area (Å²) in [7, 11) is -2.99. The van der Waals surface area contributed by atoms with Gasteiger partial charge in [-0.1, -0.05) is 6.07 Å².